The van der Waals surface area contributed by atoms with Crippen molar-refractivity contribution < 1.29 is 35.9 Å². The lowest BCUT2D eigenvalue weighted by atomic mass is 10.1. The van der Waals surface area contributed by atoms with Crippen molar-refractivity contribution >= 4 is 16.5 Å². The molecule has 160 valence electrons. The molecule has 0 radical (unpaired) electrons. The summed E-state index contributed by atoms with van der Waals surface area (Å²) < 4.78 is 77.9. The molecule has 0 aliphatic rings. The Labute approximate surface area is 165 Å². The molecule has 0 saturated heterocycles. The molecule has 0 heterocycles. The van der Waals surface area contributed by atoms with Gasteiger partial charge in [-0.25, -0.2) is 17.5 Å². The van der Waals surface area contributed by atoms with Gasteiger partial charge in [0.25, 0.3) is 6.47 Å². The predicted molar refractivity (Wildman–Crippen MR) is 98.8 cm³/mol. The third-order valence-electron chi connectivity index (χ3n) is 3.62. The molecule has 29 heavy (non-hydrogen) atoms. The van der Waals surface area contributed by atoms with Crippen molar-refractivity contribution in [3.63, 3.8) is 0 Å². The van der Waals surface area contributed by atoms with Crippen LogP contribution in [0.25, 0.3) is 0 Å². The number of carbonyl (C=O) groups is 1. The molecule has 11 heteroatoms. The fourth-order valence-corrected chi connectivity index (χ4v) is 3.58. The average molecular weight is 436 g/mol. The number of alkyl halides is 3. The van der Waals surface area contributed by atoms with E-state index in [1.54, 1.807) is 6.07 Å². The summed E-state index contributed by atoms with van der Waals surface area (Å²) in [4.78, 5) is 8.36. The molecule has 4 N–H and O–H groups in total. The number of carboxylic acid groups (broad SMARTS) is 1. The van der Waals surface area contributed by atoms with Gasteiger partial charge in [-0.3, -0.25) is 4.79 Å². The smallest absolute Gasteiger partial charge is 0.416 e. The molecule has 1 atom stereocenters. The fraction of sp³-hybridized carbons (Fsp3) is 0.278. The lowest BCUT2D eigenvalue weighted by Crippen LogP contribution is -2.37. The van der Waals surface area contributed by atoms with Crippen molar-refractivity contribution in [2.75, 3.05) is 5.75 Å². The number of hydrogen-bond acceptors (Lipinski definition) is 4. The summed E-state index contributed by atoms with van der Waals surface area (Å²) in [6.45, 7) is -0.543. The zero-order valence-electron chi connectivity index (χ0n) is 15.1. The van der Waals surface area contributed by atoms with Gasteiger partial charge in [-0.1, -0.05) is 36.4 Å². The van der Waals surface area contributed by atoms with Crippen LogP contribution in [-0.2, 0) is 34.0 Å². The summed E-state index contributed by atoms with van der Waals surface area (Å²) in [6, 6.07) is 9.41. The van der Waals surface area contributed by atoms with Gasteiger partial charge in [0.2, 0.25) is 10.0 Å². The van der Waals surface area contributed by atoms with E-state index in [1.165, 1.54) is 30.3 Å². The Bertz CT molecular complexity index is 905. The number of nitrogens with two attached hydrogens (primary N) is 1. The Balaban J connectivity index is 0.00000132. The van der Waals surface area contributed by atoms with Crippen LogP contribution in [-0.4, -0.2) is 31.8 Å². The molecule has 6 nitrogen and oxygen atoms in total. The minimum atomic E-state index is -4.50. The highest BCUT2D eigenvalue weighted by Crippen LogP contribution is 2.29. The molecule has 0 spiro atoms. The second-order valence-corrected chi connectivity index (χ2v) is 7.81. The van der Waals surface area contributed by atoms with E-state index in [-0.39, 0.29) is 25.0 Å². The molecule has 0 saturated carbocycles. The van der Waals surface area contributed by atoms with E-state index in [0.29, 0.717) is 5.56 Å². The van der Waals surface area contributed by atoms with E-state index in [2.05, 4.69) is 4.72 Å². The first kappa shape index (κ1) is 24.5. The van der Waals surface area contributed by atoms with Crippen LogP contribution in [0.4, 0.5) is 17.6 Å². The number of benzene rings is 2. The van der Waals surface area contributed by atoms with Gasteiger partial charge in [-0.2, -0.15) is 13.2 Å². The normalized spacial score (nSPS) is 12.6. The molecule has 0 aliphatic heterocycles. The minimum Gasteiger partial charge on any atom is -0.483 e. The van der Waals surface area contributed by atoms with E-state index in [9.17, 15) is 26.0 Å². The average Bonchev–Trinajstić information content (AvgIpc) is 2.62. The summed E-state index contributed by atoms with van der Waals surface area (Å²) in [6.07, 6.45) is -4.48. The highest BCUT2D eigenvalue weighted by atomic mass is 32.2. The summed E-state index contributed by atoms with van der Waals surface area (Å²) >= 11 is 0. The zero-order chi connectivity index (χ0) is 22.1. The molecule has 0 bridgehead atoms. The summed E-state index contributed by atoms with van der Waals surface area (Å²) in [5, 5.41) is 6.89. The minimum absolute atomic E-state index is 0.0249. The quantitative estimate of drug-likeness (QED) is 0.457. The van der Waals surface area contributed by atoms with Gasteiger partial charge < -0.3 is 10.8 Å². The van der Waals surface area contributed by atoms with Crippen LogP contribution in [0.3, 0.4) is 0 Å². The van der Waals surface area contributed by atoms with E-state index in [0.717, 1.165) is 12.1 Å². The second-order valence-electron chi connectivity index (χ2n) is 5.96. The van der Waals surface area contributed by atoms with Crippen molar-refractivity contribution in [3.8, 4) is 0 Å². The fourth-order valence-electron chi connectivity index (χ4n) is 2.40. The standard InChI is InChI=1S/C17H18F4N2O2S.CH2O2/c18-16-7-2-1-5-13(16)9-15(22)11-26(24,25)23-10-12-4-3-6-14(8-12)17(19,20)21;2-1-3/h1-8,15,23H,9-11,22H2;1H,(H,2,3)/t15-;/m1./s1. The maximum Gasteiger partial charge on any atom is 0.416 e. The molecule has 2 aromatic carbocycles. The Hall–Kier alpha value is -2.50. The lowest BCUT2D eigenvalue weighted by molar-refractivity contribution is -0.137. The van der Waals surface area contributed by atoms with Gasteiger partial charge in [0.1, 0.15) is 5.82 Å². The summed E-state index contributed by atoms with van der Waals surface area (Å²) in [5.41, 5.74) is 5.39. The Morgan fingerprint density at radius 3 is 2.34 bits per heavy atom. The summed E-state index contributed by atoms with van der Waals surface area (Å²) in [5.74, 6) is -0.947. The molecule has 2 rings (SSSR count). The van der Waals surface area contributed by atoms with Gasteiger partial charge >= 0.3 is 6.18 Å². The SMILES string of the molecule is N[C@H](Cc1ccccc1F)CS(=O)(=O)NCc1cccc(C(F)(F)F)c1.O=CO. The second kappa shape index (κ2) is 10.9. The van der Waals surface area contributed by atoms with Crippen LogP contribution >= 0.6 is 0 Å². The van der Waals surface area contributed by atoms with Crippen molar-refractivity contribution in [2.24, 2.45) is 5.73 Å². The van der Waals surface area contributed by atoms with Gasteiger partial charge in [0.05, 0.1) is 11.3 Å². The van der Waals surface area contributed by atoms with Gasteiger partial charge in [0.15, 0.2) is 0 Å². The Morgan fingerprint density at radius 1 is 1.14 bits per heavy atom. The number of rotatable bonds is 7. The first-order valence-corrected chi connectivity index (χ1v) is 9.84. The largest absolute Gasteiger partial charge is 0.483 e. The molecular formula is C18H20F4N2O4S. The van der Waals surface area contributed by atoms with Crippen LogP contribution in [0.5, 0.6) is 0 Å². The van der Waals surface area contributed by atoms with E-state index >= 15 is 0 Å². The maximum absolute atomic E-state index is 13.6. The van der Waals surface area contributed by atoms with E-state index in [4.69, 9.17) is 15.6 Å². The lowest BCUT2D eigenvalue weighted by Gasteiger charge is -2.14. The molecule has 0 unspecified atom stereocenters. The Morgan fingerprint density at radius 2 is 1.76 bits per heavy atom. The van der Waals surface area contributed by atoms with Crippen LogP contribution in [0.2, 0.25) is 0 Å². The number of sulfonamides is 1. The topological polar surface area (TPSA) is 109 Å². The predicted octanol–water partition coefficient (Wildman–Crippen LogP) is 2.53. The van der Waals surface area contributed by atoms with Crippen LogP contribution < -0.4 is 10.5 Å². The van der Waals surface area contributed by atoms with Gasteiger partial charge in [-0.05, 0) is 29.7 Å². The molecule has 0 amide bonds. The van der Waals surface area contributed by atoms with Crippen LogP contribution in [0.15, 0.2) is 48.5 Å². The first-order valence-electron chi connectivity index (χ1n) is 8.19. The number of nitrogens with one attached hydrogen (secondary N) is 1. The summed E-state index contributed by atoms with van der Waals surface area (Å²) in [7, 11) is -3.84. The van der Waals surface area contributed by atoms with Gasteiger partial charge in [0, 0.05) is 12.6 Å². The van der Waals surface area contributed by atoms with Crippen molar-refractivity contribution in [1.29, 1.82) is 0 Å². The third-order valence-corrected chi connectivity index (χ3v) is 5.08. The molecule has 0 aromatic heterocycles. The molecule has 0 aliphatic carbocycles. The molecule has 2 aromatic rings. The highest BCUT2D eigenvalue weighted by Gasteiger charge is 2.30. The molecular weight excluding hydrogens is 416 g/mol. The maximum atomic E-state index is 13.6. The zero-order valence-corrected chi connectivity index (χ0v) is 15.9. The van der Waals surface area contributed by atoms with E-state index in [1.807, 2.05) is 0 Å². The first-order chi connectivity index (χ1) is 13.5. The number of halogens is 4. The van der Waals surface area contributed by atoms with E-state index < -0.39 is 39.4 Å². The highest BCUT2D eigenvalue weighted by molar-refractivity contribution is 7.89. The van der Waals surface area contributed by atoms with Crippen molar-refractivity contribution in [2.45, 2.75) is 25.2 Å². The third kappa shape index (κ3) is 9.03. The monoisotopic (exact) mass is 436 g/mol. The van der Waals surface area contributed by atoms with Crippen LogP contribution in [0, 0.1) is 5.82 Å². The molecule has 0 fully saturated rings. The van der Waals surface area contributed by atoms with Crippen LogP contribution in [0.1, 0.15) is 16.7 Å². The number of hydrogen-bond donors (Lipinski definition) is 3. The Kier molecular flexibility index (Phi) is 9.21. The van der Waals surface area contributed by atoms with Crippen molar-refractivity contribution in [3.05, 3.63) is 71.0 Å². The van der Waals surface area contributed by atoms with Gasteiger partial charge in [-0.15, -0.1) is 0 Å². The van der Waals surface area contributed by atoms with Crippen molar-refractivity contribution in [1.82, 2.24) is 4.72 Å².